The second kappa shape index (κ2) is 6.58. The summed E-state index contributed by atoms with van der Waals surface area (Å²) < 4.78 is 0. The monoisotopic (exact) mass is 297 g/mol. The molecule has 0 aromatic heterocycles. The predicted molar refractivity (Wildman–Crippen MR) is 76.5 cm³/mol. The van der Waals surface area contributed by atoms with E-state index < -0.39 is 5.97 Å². The minimum Gasteiger partial charge on any atom is -0.478 e. The lowest BCUT2D eigenvalue weighted by Gasteiger charge is -2.20. The van der Waals surface area contributed by atoms with Crippen molar-refractivity contribution in [3.8, 4) is 0 Å². The lowest BCUT2D eigenvalue weighted by Crippen LogP contribution is -2.37. The number of carboxylic acid groups (broad SMARTS) is 1. The highest BCUT2D eigenvalue weighted by Gasteiger charge is 2.16. The summed E-state index contributed by atoms with van der Waals surface area (Å²) in [7, 11) is 0. The summed E-state index contributed by atoms with van der Waals surface area (Å²) in [4.78, 5) is 24.7. The summed E-state index contributed by atoms with van der Waals surface area (Å²) >= 11 is 5.86. The van der Waals surface area contributed by atoms with Crippen LogP contribution in [0.4, 0.5) is 10.5 Å². The molecule has 2 rings (SSSR count). The molecule has 1 saturated heterocycles. The van der Waals surface area contributed by atoms with Crippen molar-refractivity contribution in [3.05, 3.63) is 28.8 Å². The van der Waals surface area contributed by atoms with E-state index in [1.807, 2.05) is 0 Å². The molecule has 3 N–H and O–H groups in total. The number of urea groups is 1. The van der Waals surface area contributed by atoms with Crippen molar-refractivity contribution in [1.29, 1.82) is 0 Å². The summed E-state index contributed by atoms with van der Waals surface area (Å²) in [6.45, 7) is 3.02. The van der Waals surface area contributed by atoms with Crippen LogP contribution in [-0.2, 0) is 0 Å². The molecule has 6 nitrogen and oxygen atoms in total. The SMILES string of the molecule is O=C(O)c1ccc(NC(=O)N2CCCNCC2)cc1Cl. The van der Waals surface area contributed by atoms with Gasteiger partial charge in [0, 0.05) is 25.3 Å². The Morgan fingerprint density at radius 2 is 2.10 bits per heavy atom. The lowest BCUT2D eigenvalue weighted by molar-refractivity contribution is 0.0697. The average molecular weight is 298 g/mol. The largest absolute Gasteiger partial charge is 0.478 e. The number of carbonyl (C=O) groups excluding carboxylic acids is 1. The number of anilines is 1. The van der Waals surface area contributed by atoms with E-state index in [1.54, 1.807) is 4.90 Å². The maximum atomic E-state index is 12.1. The quantitative estimate of drug-likeness (QED) is 0.778. The van der Waals surface area contributed by atoms with Gasteiger partial charge in [-0.2, -0.15) is 0 Å². The summed E-state index contributed by atoms with van der Waals surface area (Å²) in [5.41, 5.74) is 0.505. The van der Waals surface area contributed by atoms with Gasteiger partial charge in [0.2, 0.25) is 0 Å². The Hall–Kier alpha value is -1.79. The number of carbonyl (C=O) groups is 2. The number of benzene rings is 1. The average Bonchev–Trinajstić information content (AvgIpc) is 2.67. The number of amides is 2. The van der Waals surface area contributed by atoms with Crippen LogP contribution in [0.3, 0.4) is 0 Å². The van der Waals surface area contributed by atoms with Crippen LogP contribution in [0, 0.1) is 0 Å². The van der Waals surface area contributed by atoms with Crippen LogP contribution in [0.25, 0.3) is 0 Å². The number of halogens is 1. The summed E-state index contributed by atoms with van der Waals surface area (Å²) in [5, 5.41) is 14.9. The Bertz CT molecular complexity index is 514. The molecule has 0 unspecified atom stereocenters. The van der Waals surface area contributed by atoms with Gasteiger partial charge in [-0.1, -0.05) is 11.6 Å². The van der Waals surface area contributed by atoms with Gasteiger partial charge in [-0.05, 0) is 31.2 Å². The molecule has 1 fully saturated rings. The molecule has 1 aromatic carbocycles. The fraction of sp³-hybridized carbons (Fsp3) is 0.385. The number of hydrogen-bond donors (Lipinski definition) is 3. The van der Waals surface area contributed by atoms with Crippen molar-refractivity contribution in [2.45, 2.75) is 6.42 Å². The number of rotatable bonds is 2. The molecule has 0 radical (unpaired) electrons. The highest BCUT2D eigenvalue weighted by Crippen LogP contribution is 2.21. The number of aromatic carboxylic acids is 1. The zero-order valence-electron chi connectivity index (χ0n) is 10.9. The minimum atomic E-state index is -1.09. The normalized spacial score (nSPS) is 15.6. The smallest absolute Gasteiger partial charge is 0.337 e. The van der Waals surface area contributed by atoms with E-state index in [1.165, 1.54) is 18.2 Å². The first-order chi connectivity index (χ1) is 9.58. The van der Waals surface area contributed by atoms with Crippen LogP contribution in [0.1, 0.15) is 16.8 Å². The molecule has 0 spiro atoms. The standard InChI is InChI=1S/C13H16ClN3O3/c14-11-8-9(2-3-10(11)12(18)19)16-13(20)17-6-1-4-15-5-7-17/h2-3,8,15H,1,4-7H2,(H,16,20)(H,18,19). The minimum absolute atomic E-state index is 0.0173. The van der Waals surface area contributed by atoms with Crippen molar-refractivity contribution in [1.82, 2.24) is 10.2 Å². The summed E-state index contributed by atoms with van der Waals surface area (Å²) in [6.07, 6.45) is 0.909. The van der Waals surface area contributed by atoms with Crippen LogP contribution >= 0.6 is 11.6 Å². The van der Waals surface area contributed by atoms with E-state index in [0.29, 0.717) is 18.8 Å². The van der Waals surface area contributed by atoms with Gasteiger partial charge in [-0.3, -0.25) is 0 Å². The molecule has 2 amide bonds. The molecule has 0 atom stereocenters. The van der Waals surface area contributed by atoms with E-state index in [0.717, 1.165) is 19.5 Å². The Morgan fingerprint density at radius 3 is 2.80 bits per heavy atom. The molecular weight excluding hydrogens is 282 g/mol. The molecule has 0 bridgehead atoms. The Kier molecular flexibility index (Phi) is 4.81. The van der Waals surface area contributed by atoms with E-state index in [-0.39, 0.29) is 16.6 Å². The van der Waals surface area contributed by atoms with E-state index in [4.69, 9.17) is 16.7 Å². The first kappa shape index (κ1) is 14.6. The molecular formula is C13H16ClN3O3. The van der Waals surface area contributed by atoms with Gasteiger partial charge < -0.3 is 20.6 Å². The number of carboxylic acids is 1. The number of hydrogen-bond acceptors (Lipinski definition) is 3. The van der Waals surface area contributed by atoms with E-state index >= 15 is 0 Å². The second-order valence-electron chi connectivity index (χ2n) is 4.52. The molecule has 1 heterocycles. The summed E-state index contributed by atoms with van der Waals surface area (Å²) in [6, 6.07) is 4.15. The predicted octanol–water partition coefficient (Wildman–Crippen LogP) is 1.87. The molecule has 1 aromatic rings. The first-order valence-corrected chi connectivity index (χ1v) is 6.75. The maximum absolute atomic E-state index is 12.1. The number of nitrogens with zero attached hydrogens (tertiary/aromatic N) is 1. The van der Waals surface area contributed by atoms with Crippen molar-refractivity contribution in [3.63, 3.8) is 0 Å². The van der Waals surface area contributed by atoms with E-state index in [2.05, 4.69) is 10.6 Å². The third-order valence-electron chi connectivity index (χ3n) is 3.08. The second-order valence-corrected chi connectivity index (χ2v) is 4.93. The zero-order valence-corrected chi connectivity index (χ0v) is 11.6. The Labute approximate surface area is 121 Å². The molecule has 1 aliphatic heterocycles. The van der Waals surface area contributed by atoms with Gasteiger partial charge in [-0.25, -0.2) is 9.59 Å². The lowest BCUT2D eigenvalue weighted by atomic mass is 10.2. The van der Waals surface area contributed by atoms with Gasteiger partial charge in [0.05, 0.1) is 10.6 Å². The molecule has 0 saturated carbocycles. The molecule has 20 heavy (non-hydrogen) atoms. The van der Waals surface area contributed by atoms with Crippen LogP contribution in [0.5, 0.6) is 0 Å². The fourth-order valence-corrected chi connectivity index (χ4v) is 2.28. The fourth-order valence-electron chi connectivity index (χ4n) is 2.02. The van der Waals surface area contributed by atoms with Crippen molar-refractivity contribution in [2.24, 2.45) is 0 Å². The van der Waals surface area contributed by atoms with Crippen LogP contribution in [-0.4, -0.2) is 48.2 Å². The van der Waals surface area contributed by atoms with Gasteiger partial charge in [0.15, 0.2) is 0 Å². The molecule has 0 aliphatic carbocycles. The summed E-state index contributed by atoms with van der Waals surface area (Å²) in [5.74, 6) is -1.09. The third kappa shape index (κ3) is 3.61. The number of nitrogens with one attached hydrogen (secondary N) is 2. The van der Waals surface area contributed by atoms with Crippen molar-refractivity contribution < 1.29 is 14.7 Å². The van der Waals surface area contributed by atoms with E-state index in [9.17, 15) is 9.59 Å². The molecule has 108 valence electrons. The topological polar surface area (TPSA) is 81.7 Å². The molecule has 7 heteroatoms. The maximum Gasteiger partial charge on any atom is 0.337 e. The van der Waals surface area contributed by atoms with Crippen LogP contribution in [0.15, 0.2) is 18.2 Å². The first-order valence-electron chi connectivity index (χ1n) is 6.37. The highest BCUT2D eigenvalue weighted by atomic mass is 35.5. The van der Waals surface area contributed by atoms with Crippen LogP contribution < -0.4 is 10.6 Å². The van der Waals surface area contributed by atoms with Gasteiger partial charge in [-0.15, -0.1) is 0 Å². The van der Waals surface area contributed by atoms with Crippen molar-refractivity contribution >= 4 is 29.3 Å². The van der Waals surface area contributed by atoms with Crippen molar-refractivity contribution in [2.75, 3.05) is 31.5 Å². The van der Waals surface area contributed by atoms with Gasteiger partial charge in [0.25, 0.3) is 0 Å². The Morgan fingerprint density at radius 1 is 1.30 bits per heavy atom. The molecule has 1 aliphatic rings. The van der Waals surface area contributed by atoms with Gasteiger partial charge in [0.1, 0.15) is 0 Å². The zero-order chi connectivity index (χ0) is 14.5. The highest BCUT2D eigenvalue weighted by molar-refractivity contribution is 6.33. The van der Waals surface area contributed by atoms with Crippen LogP contribution in [0.2, 0.25) is 5.02 Å². The third-order valence-corrected chi connectivity index (χ3v) is 3.39. The Balaban J connectivity index is 2.03. The van der Waals surface area contributed by atoms with Gasteiger partial charge >= 0.3 is 12.0 Å².